The van der Waals surface area contributed by atoms with Crippen molar-refractivity contribution in [2.75, 3.05) is 11.9 Å². The summed E-state index contributed by atoms with van der Waals surface area (Å²) in [6.07, 6.45) is 6.71. The average molecular weight is 323 g/mol. The van der Waals surface area contributed by atoms with E-state index in [0.29, 0.717) is 0 Å². The molecule has 124 valence electrons. The molecule has 4 rings (SSSR count). The van der Waals surface area contributed by atoms with Crippen molar-refractivity contribution in [2.24, 2.45) is 0 Å². The third-order valence-corrected chi connectivity index (χ3v) is 4.43. The summed E-state index contributed by atoms with van der Waals surface area (Å²) in [5.74, 6) is 0.778. The third-order valence-electron chi connectivity index (χ3n) is 4.43. The van der Waals surface area contributed by atoms with Crippen molar-refractivity contribution in [3.63, 3.8) is 0 Å². The fourth-order valence-corrected chi connectivity index (χ4v) is 3.15. The molecule has 1 saturated heterocycles. The fourth-order valence-electron chi connectivity index (χ4n) is 3.15. The second-order valence-electron chi connectivity index (χ2n) is 6.19. The molecule has 2 unspecified atom stereocenters. The minimum absolute atomic E-state index is 0.0251. The first kappa shape index (κ1) is 15.1. The maximum atomic E-state index is 5.93. The van der Waals surface area contributed by atoms with E-state index in [1.54, 1.807) is 6.33 Å². The molecule has 1 aromatic carbocycles. The SMILES string of the molecule is CC1CCC(n2cnc3c(NCCc4ccccc4)ncnc32)O1. The molecule has 3 aromatic rings. The number of hydrogen-bond acceptors (Lipinski definition) is 5. The Morgan fingerprint density at radius 2 is 2.04 bits per heavy atom. The van der Waals surface area contributed by atoms with E-state index in [1.807, 2.05) is 17.0 Å². The van der Waals surface area contributed by atoms with Gasteiger partial charge >= 0.3 is 0 Å². The number of imidazole rings is 1. The van der Waals surface area contributed by atoms with E-state index in [2.05, 4.69) is 51.5 Å². The van der Waals surface area contributed by atoms with Gasteiger partial charge in [0.15, 0.2) is 17.0 Å². The third kappa shape index (κ3) is 2.97. The Bertz CT molecular complexity index is 817. The highest BCUT2D eigenvalue weighted by Gasteiger charge is 2.25. The highest BCUT2D eigenvalue weighted by atomic mass is 16.5. The van der Waals surface area contributed by atoms with Crippen molar-refractivity contribution in [3.05, 3.63) is 48.5 Å². The monoisotopic (exact) mass is 323 g/mol. The van der Waals surface area contributed by atoms with E-state index in [0.717, 1.165) is 42.8 Å². The van der Waals surface area contributed by atoms with Crippen molar-refractivity contribution < 1.29 is 4.74 Å². The standard InChI is InChI=1S/C18H21N5O/c1-13-7-8-15(24-13)23-12-22-16-17(20-11-21-18(16)23)19-10-9-14-5-3-2-4-6-14/h2-6,11-13,15H,7-10H2,1H3,(H,19,20,21). The molecular weight excluding hydrogens is 302 g/mol. The lowest BCUT2D eigenvalue weighted by Crippen LogP contribution is -2.10. The van der Waals surface area contributed by atoms with Crippen LogP contribution in [0.2, 0.25) is 0 Å². The van der Waals surface area contributed by atoms with Crippen LogP contribution in [0, 0.1) is 0 Å². The zero-order chi connectivity index (χ0) is 16.4. The molecule has 6 heteroatoms. The number of ether oxygens (including phenoxy) is 1. The first-order chi connectivity index (χ1) is 11.8. The normalized spacial score (nSPS) is 20.5. The maximum absolute atomic E-state index is 5.93. The van der Waals surface area contributed by atoms with Gasteiger partial charge in [-0.2, -0.15) is 0 Å². The second kappa shape index (κ2) is 6.57. The molecule has 0 amide bonds. The van der Waals surface area contributed by atoms with Crippen molar-refractivity contribution in [3.8, 4) is 0 Å². The van der Waals surface area contributed by atoms with Gasteiger partial charge in [-0.15, -0.1) is 0 Å². The average Bonchev–Trinajstić information content (AvgIpc) is 3.22. The maximum Gasteiger partial charge on any atom is 0.167 e. The van der Waals surface area contributed by atoms with Gasteiger partial charge in [0, 0.05) is 6.54 Å². The lowest BCUT2D eigenvalue weighted by molar-refractivity contribution is 0.0131. The molecule has 0 aliphatic carbocycles. The minimum atomic E-state index is 0.0251. The van der Waals surface area contributed by atoms with Crippen molar-refractivity contribution in [1.29, 1.82) is 0 Å². The number of fused-ring (bicyclic) bond motifs is 1. The summed E-state index contributed by atoms with van der Waals surface area (Å²) in [4.78, 5) is 13.3. The summed E-state index contributed by atoms with van der Waals surface area (Å²) in [6.45, 7) is 2.91. The number of nitrogens with one attached hydrogen (secondary N) is 1. The van der Waals surface area contributed by atoms with Crippen LogP contribution in [0.5, 0.6) is 0 Å². The van der Waals surface area contributed by atoms with Gasteiger partial charge in [0.05, 0.1) is 12.4 Å². The van der Waals surface area contributed by atoms with Crippen LogP contribution in [-0.4, -0.2) is 32.2 Å². The van der Waals surface area contributed by atoms with E-state index in [4.69, 9.17) is 4.74 Å². The first-order valence-electron chi connectivity index (χ1n) is 8.42. The molecule has 3 heterocycles. The molecule has 0 radical (unpaired) electrons. The highest BCUT2D eigenvalue weighted by molar-refractivity contribution is 5.82. The molecule has 1 aliphatic heterocycles. The van der Waals surface area contributed by atoms with Crippen molar-refractivity contribution in [2.45, 2.75) is 38.5 Å². The Morgan fingerprint density at radius 3 is 2.83 bits per heavy atom. The molecule has 1 N–H and O–H groups in total. The van der Waals surface area contributed by atoms with Crippen LogP contribution in [0.4, 0.5) is 5.82 Å². The Kier molecular flexibility index (Phi) is 4.13. The molecule has 24 heavy (non-hydrogen) atoms. The van der Waals surface area contributed by atoms with E-state index < -0.39 is 0 Å². The molecule has 1 aliphatic rings. The summed E-state index contributed by atoms with van der Waals surface area (Å²) in [5, 5.41) is 3.38. The summed E-state index contributed by atoms with van der Waals surface area (Å²) in [7, 11) is 0. The summed E-state index contributed by atoms with van der Waals surface area (Å²) in [5.41, 5.74) is 2.93. The molecule has 0 bridgehead atoms. The first-order valence-corrected chi connectivity index (χ1v) is 8.42. The zero-order valence-corrected chi connectivity index (χ0v) is 13.7. The van der Waals surface area contributed by atoms with Gasteiger partial charge in [-0.05, 0) is 31.7 Å². The lowest BCUT2D eigenvalue weighted by atomic mass is 10.1. The molecule has 0 spiro atoms. The molecule has 1 fully saturated rings. The van der Waals surface area contributed by atoms with Gasteiger partial charge in [-0.1, -0.05) is 30.3 Å². The van der Waals surface area contributed by atoms with Crippen molar-refractivity contribution >= 4 is 17.0 Å². The zero-order valence-electron chi connectivity index (χ0n) is 13.7. The minimum Gasteiger partial charge on any atom is -0.368 e. The number of hydrogen-bond donors (Lipinski definition) is 1. The van der Waals surface area contributed by atoms with Gasteiger partial charge in [0.1, 0.15) is 12.6 Å². The Morgan fingerprint density at radius 1 is 1.17 bits per heavy atom. The van der Waals surface area contributed by atoms with Crippen LogP contribution in [-0.2, 0) is 11.2 Å². The van der Waals surface area contributed by atoms with E-state index in [9.17, 15) is 0 Å². The summed E-state index contributed by atoms with van der Waals surface area (Å²) >= 11 is 0. The predicted octanol–water partition coefficient (Wildman–Crippen LogP) is 3.18. The number of anilines is 1. The quantitative estimate of drug-likeness (QED) is 0.781. The van der Waals surface area contributed by atoms with Gasteiger partial charge in [-0.25, -0.2) is 15.0 Å². The van der Waals surface area contributed by atoms with Crippen LogP contribution in [0.15, 0.2) is 43.0 Å². The van der Waals surface area contributed by atoms with Crippen LogP contribution >= 0.6 is 0 Å². The number of benzene rings is 1. The van der Waals surface area contributed by atoms with Crippen LogP contribution < -0.4 is 5.32 Å². The summed E-state index contributed by atoms with van der Waals surface area (Å²) in [6, 6.07) is 10.4. The van der Waals surface area contributed by atoms with Crippen LogP contribution in [0.3, 0.4) is 0 Å². The van der Waals surface area contributed by atoms with E-state index in [1.165, 1.54) is 5.56 Å². The number of nitrogens with zero attached hydrogens (tertiary/aromatic N) is 4. The lowest BCUT2D eigenvalue weighted by Gasteiger charge is -2.13. The molecular formula is C18H21N5O. The summed E-state index contributed by atoms with van der Waals surface area (Å²) < 4.78 is 7.95. The van der Waals surface area contributed by atoms with Gasteiger partial charge in [0.25, 0.3) is 0 Å². The Hall–Kier alpha value is -2.47. The fraction of sp³-hybridized carbons (Fsp3) is 0.389. The molecule has 0 saturated carbocycles. The molecule has 6 nitrogen and oxygen atoms in total. The van der Waals surface area contributed by atoms with Gasteiger partial charge < -0.3 is 10.1 Å². The van der Waals surface area contributed by atoms with Gasteiger partial charge in [-0.3, -0.25) is 4.57 Å². The van der Waals surface area contributed by atoms with E-state index >= 15 is 0 Å². The second-order valence-corrected chi connectivity index (χ2v) is 6.19. The predicted molar refractivity (Wildman–Crippen MR) is 92.8 cm³/mol. The number of rotatable bonds is 5. The Balaban J connectivity index is 1.51. The topological polar surface area (TPSA) is 64.9 Å². The highest BCUT2D eigenvalue weighted by Crippen LogP contribution is 2.30. The number of aromatic nitrogens is 4. The molecule has 2 atom stereocenters. The van der Waals surface area contributed by atoms with Gasteiger partial charge in [0.2, 0.25) is 0 Å². The largest absolute Gasteiger partial charge is 0.368 e. The molecule has 2 aromatic heterocycles. The van der Waals surface area contributed by atoms with Crippen LogP contribution in [0.25, 0.3) is 11.2 Å². The Labute approximate surface area is 140 Å². The van der Waals surface area contributed by atoms with Crippen LogP contribution in [0.1, 0.15) is 31.6 Å². The smallest absolute Gasteiger partial charge is 0.167 e. The van der Waals surface area contributed by atoms with E-state index in [-0.39, 0.29) is 12.3 Å². The van der Waals surface area contributed by atoms with Crippen molar-refractivity contribution in [1.82, 2.24) is 19.5 Å².